The second kappa shape index (κ2) is 4.43. The van der Waals surface area contributed by atoms with Crippen molar-refractivity contribution in [3.63, 3.8) is 0 Å². The van der Waals surface area contributed by atoms with E-state index in [4.69, 9.17) is 4.74 Å². The average molecular weight is 184 g/mol. The Kier molecular flexibility index (Phi) is 3.23. The molecule has 2 fully saturated rings. The van der Waals surface area contributed by atoms with Crippen LogP contribution in [0.25, 0.3) is 0 Å². The van der Waals surface area contributed by atoms with E-state index in [9.17, 15) is 5.11 Å². The highest BCUT2D eigenvalue weighted by atomic mass is 16.5. The van der Waals surface area contributed by atoms with Gasteiger partial charge in [-0.05, 0) is 38.0 Å². The van der Waals surface area contributed by atoms with E-state index in [0.717, 1.165) is 0 Å². The van der Waals surface area contributed by atoms with Gasteiger partial charge in [-0.25, -0.2) is 0 Å². The first-order chi connectivity index (χ1) is 6.36. The average Bonchev–Trinajstić information content (AvgIpc) is 2.52. The normalized spacial score (nSPS) is 27.5. The van der Waals surface area contributed by atoms with E-state index in [1.807, 2.05) is 0 Å². The lowest BCUT2D eigenvalue weighted by molar-refractivity contribution is -0.0569. The summed E-state index contributed by atoms with van der Waals surface area (Å²) in [6.45, 7) is 0.579. The first kappa shape index (κ1) is 9.47. The first-order valence-corrected chi connectivity index (χ1v) is 5.66. The summed E-state index contributed by atoms with van der Waals surface area (Å²) in [5.41, 5.74) is 0. The highest BCUT2D eigenvalue weighted by Gasteiger charge is 2.25. The number of ether oxygens (including phenoxy) is 1. The molecular formula is C11H20O2. The molecular weight excluding hydrogens is 164 g/mol. The molecule has 76 valence electrons. The number of hydrogen-bond donors (Lipinski definition) is 1. The van der Waals surface area contributed by atoms with Crippen molar-refractivity contribution in [1.82, 2.24) is 0 Å². The molecule has 0 aromatic rings. The van der Waals surface area contributed by atoms with Gasteiger partial charge >= 0.3 is 0 Å². The topological polar surface area (TPSA) is 29.5 Å². The van der Waals surface area contributed by atoms with Crippen molar-refractivity contribution in [2.45, 2.75) is 57.2 Å². The van der Waals surface area contributed by atoms with Crippen LogP contribution in [0.5, 0.6) is 0 Å². The molecule has 0 aliphatic heterocycles. The third-order valence-corrected chi connectivity index (χ3v) is 3.50. The molecule has 0 radical (unpaired) electrons. The van der Waals surface area contributed by atoms with Gasteiger partial charge in [0.15, 0.2) is 0 Å². The van der Waals surface area contributed by atoms with Gasteiger partial charge < -0.3 is 9.84 Å². The lowest BCUT2D eigenvalue weighted by Gasteiger charge is -2.28. The van der Waals surface area contributed by atoms with Crippen molar-refractivity contribution >= 4 is 0 Å². The Labute approximate surface area is 80.3 Å². The zero-order valence-electron chi connectivity index (χ0n) is 8.24. The Balaban J connectivity index is 1.62. The van der Waals surface area contributed by atoms with E-state index in [1.54, 1.807) is 0 Å². The van der Waals surface area contributed by atoms with Crippen molar-refractivity contribution in [1.29, 1.82) is 0 Å². The van der Waals surface area contributed by atoms with Gasteiger partial charge in [0.2, 0.25) is 0 Å². The standard InChI is InChI=1S/C11H20O2/c12-11(9-4-1-2-5-9)8-13-10-6-3-7-10/h9-12H,1-8H2. The van der Waals surface area contributed by atoms with Gasteiger partial charge in [0.1, 0.15) is 0 Å². The number of aliphatic hydroxyl groups excluding tert-OH is 1. The lowest BCUT2D eigenvalue weighted by atomic mass is 9.96. The van der Waals surface area contributed by atoms with Gasteiger partial charge in [-0.2, -0.15) is 0 Å². The summed E-state index contributed by atoms with van der Waals surface area (Å²) in [7, 11) is 0. The Bertz CT molecular complexity index is 148. The number of rotatable bonds is 4. The van der Waals surface area contributed by atoms with E-state index in [0.29, 0.717) is 18.6 Å². The van der Waals surface area contributed by atoms with Gasteiger partial charge in [-0.3, -0.25) is 0 Å². The molecule has 1 unspecified atom stereocenters. The Morgan fingerprint density at radius 2 is 1.77 bits per heavy atom. The molecule has 0 bridgehead atoms. The summed E-state index contributed by atoms with van der Waals surface area (Å²) >= 11 is 0. The smallest absolute Gasteiger partial charge is 0.0801 e. The van der Waals surface area contributed by atoms with Gasteiger partial charge in [0, 0.05) is 0 Å². The lowest BCUT2D eigenvalue weighted by Crippen LogP contribution is -2.30. The van der Waals surface area contributed by atoms with Gasteiger partial charge in [0.25, 0.3) is 0 Å². The maximum absolute atomic E-state index is 9.79. The second-order valence-corrected chi connectivity index (χ2v) is 4.50. The predicted octanol–water partition coefficient (Wildman–Crippen LogP) is 2.11. The Hall–Kier alpha value is -0.0800. The van der Waals surface area contributed by atoms with Crippen LogP contribution < -0.4 is 0 Å². The fourth-order valence-electron chi connectivity index (χ4n) is 2.25. The van der Waals surface area contributed by atoms with Crippen LogP contribution in [0.15, 0.2) is 0 Å². The number of hydrogen-bond acceptors (Lipinski definition) is 2. The molecule has 0 aromatic heterocycles. The fourth-order valence-corrected chi connectivity index (χ4v) is 2.25. The zero-order chi connectivity index (χ0) is 9.10. The summed E-state index contributed by atoms with van der Waals surface area (Å²) in [6.07, 6.45) is 9.00. The highest BCUT2D eigenvalue weighted by molar-refractivity contribution is 4.76. The maximum atomic E-state index is 9.79. The van der Waals surface area contributed by atoms with E-state index in [-0.39, 0.29) is 6.10 Å². The Morgan fingerprint density at radius 1 is 1.08 bits per heavy atom. The van der Waals surface area contributed by atoms with Crippen LogP contribution >= 0.6 is 0 Å². The van der Waals surface area contributed by atoms with Crippen LogP contribution in [0.4, 0.5) is 0 Å². The van der Waals surface area contributed by atoms with Crippen LogP contribution in [0.3, 0.4) is 0 Å². The van der Waals surface area contributed by atoms with E-state index < -0.39 is 0 Å². The molecule has 13 heavy (non-hydrogen) atoms. The largest absolute Gasteiger partial charge is 0.390 e. The van der Waals surface area contributed by atoms with E-state index in [2.05, 4.69) is 0 Å². The molecule has 0 heterocycles. The molecule has 0 aromatic carbocycles. The minimum atomic E-state index is -0.192. The van der Waals surface area contributed by atoms with Gasteiger partial charge in [0.05, 0.1) is 18.8 Å². The second-order valence-electron chi connectivity index (χ2n) is 4.50. The maximum Gasteiger partial charge on any atom is 0.0801 e. The van der Waals surface area contributed by atoms with Crippen molar-refractivity contribution in [3.05, 3.63) is 0 Å². The van der Waals surface area contributed by atoms with Crippen molar-refractivity contribution < 1.29 is 9.84 Å². The SMILES string of the molecule is OC(COC1CCC1)C1CCCC1. The minimum Gasteiger partial charge on any atom is -0.390 e. The first-order valence-electron chi connectivity index (χ1n) is 5.66. The van der Waals surface area contributed by atoms with Gasteiger partial charge in [-0.1, -0.05) is 12.8 Å². The fraction of sp³-hybridized carbons (Fsp3) is 1.00. The quantitative estimate of drug-likeness (QED) is 0.725. The zero-order valence-corrected chi connectivity index (χ0v) is 8.24. The molecule has 2 rings (SSSR count). The molecule has 1 atom stereocenters. The molecule has 2 heteroatoms. The molecule has 1 N–H and O–H groups in total. The van der Waals surface area contributed by atoms with Crippen molar-refractivity contribution in [3.8, 4) is 0 Å². The van der Waals surface area contributed by atoms with Crippen molar-refractivity contribution in [2.75, 3.05) is 6.61 Å². The third kappa shape index (κ3) is 2.44. The molecule has 2 aliphatic rings. The summed E-state index contributed by atoms with van der Waals surface area (Å²) in [5.74, 6) is 0.528. The third-order valence-electron chi connectivity index (χ3n) is 3.50. The molecule has 2 aliphatic carbocycles. The van der Waals surface area contributed by atoms with E-state index in [1.165, 1.54) is 44.9 Å². The van der Waals surface area contributed by atoms with Crippen LogP contribution in [-0.4, -0.2) is 23.9 Å². The Morgan fingerprint density at radius 3 is 2.31 bits per heavy atom. The van der Waals surface area contributed by atoms with E-state index >= 15 is 0 Å². The summed E-state index contributed by atoms with van der Waals surface area (Å²) in [4.78, 5) is 0. The minimum absolute atomic E-state index is 0.192. The molecule has 0 saturated heterocycles. The van der Waals surface area contributed by atoms with Crippen LogP contribution in [0.1, 0.15) is 44.9 Å². The van der Waals surface area contributed by atoms with Crippen LogP contribution in [-0.2, 0) is 4.74 Å². The van der Waals surface area contributed by atoms with Crippen LogP contribution in [0.2, 0.25) is 0 Å². The predicted molar refractivity (Wildman–Crippen MR) is 51.6 cm³/mol. The summed E-state index contributed by atoms with van der Waals surface area (Å²) in [6, 6.07) is 0. The number of aliphatic hydroxyl groups is 1. The van der Waals surface area contributed by atoms with Crippen LogP contribution in [0, 0.1) is 5.92 Å². The monoisotopic (exact) mass is 184 g/mol. The van der Waals surface area contributed by atoms with Crippen molar-refractivity contribution in [2.24, 2.45) is 5.92 Å². The highest BCUT2D eigenvalue weighted by Crippen LogP contribution is 2.29. The molecule has 2 saturated carbocycles. The molecule has 2 nitrogen and oxygen atoms in total. The summed E-state index contributed by atoms with van der Waals surface area (Å²) in [5, 5.41) is 9.79. The molecule has 0 amide bonds. The summed E-state index contributed by atoms with van der Waals surface area (Å²) < 4.78 is 5.60. The molecule has 0 spiro atoms. The van der Waals surface area contributed by atoms with Gasteiger partial charge in [-0.15, -0.1) is 0 Å².